The number of pyridine rings is 1. The Morgan fingerprint density at radius 2 is 1.62 bits per heavy atom. The van der Waals surface area contributed by atoms with Gasteiger partial charge in [0.2, 0.25) is 5.82 Å². The summed E-state index contributed by atoms with van der Waals surface area (Å²) in [5.74, 6) is 0.595. The van der Waals surface area contributed by atoms with Gasteiger partial charge in [-0.1, -0.05) is 48.5 Å². The lowest BCUT2D eigenvalue weighted by molar-refractivity contribution is 0.881. The van der Waals surface area contributed by atoms with Gasteiger partial charge in [0.05, 0.1) is 5.52 Å². The minimum absolute atomic E-state index is 0.595. The zero-order valence-corrected chi connectivity index (χ0v) is 11.1. The fraction of sp³-hybridized carbons (Fsp3) is 0. The zero-order valence-electron chi connectivity index (χ0n) is 11.1. The summed E-state index contributed by atoms with van der Waals surface area (Å²) in [7, 11) is 0. The van der Waals surface area contributed by atoms with Gasteiger partial charge >= 0.3 is 0 Å². The van der Waals surface area contributed by atoms with Crippen LogP contribution in [-0.4, -0.2) is 25.6 Å². The molecule has 0 aliphatic carbocycles. The number of aromatic amines is 1. The van der Waals surface area contributed by atoms with Crippen LogP contribution in [0.2, 0.25) is 0 Å². The Bertz CT molecular complexity index is 877. The first kappa shape index (κ1) is 11.7. The summed E-state index contributed by atoms with van der Waals surface area (Å²) >= 11 is 0. The highest BCUT2D eigenvalue weighted by molar-refractivity contribution is 5.93. The van der Waals surface area contributed by atoms with Crippen LogP contribution in [0.1, 0.15) is 0 Å². The zero-order chi connectivity index (χ0) is 14.1. The van der Waals surface area contributed by atoms with Crippen LogP contribution >= 0.6 is 0 Å². The van der Waals surface area contributed by atoms with Gasteiger partial charge in [0.25, 0.3) is 0 Å². The van der Waals surface area contributed by atoms with Crippen molar-refractivity contribution in [3.8, 4) is 22.5 Å². The van der Waals surface area contributed by atoms with Gasteiger partial charge in [0.1, 0.15) is 0 Å². The van der Waals surface area contributed by atoms with Crippen molar-refractivity contribution in [2.75, 3.05) is 0 Å². The highest BCUT2D eigenvalue weighted by Gasteiger charge is 2.06. The number of benzene rings is 2. The number of hydrogen-bond donors (Lipinski definition) is 1. The predicted molar refractivity (Wildman–Crippen MR) is 80.4 cm³/mol. The summed E-state index contributed by atoms with van der Waals surface area (Å²) in [6, 6.07) is 18.3. The highest BCUT2D eigenvalue weighted by Crippen LogP contribution is 2.28. The van der Waals surface area contributed by atoms with Crippen LogP contribution in [0.3, 0.4) is 0 Å². The van der Waals surface area contributed by atoms with Crippen LogP contribution in [0.5, 0.6) is 0 Å². The van der Waals surface area contributed by atoms with E-state index in [1.807, 2.05) is 30.5 Å². The van der Waals surface area contributed by atoms with Crippen LogP contribution in [0, 0.1) is 0 Å². The predicted octanol–water partition coefficient (Wildman–Crippen LogP) is 3.08. The quantitative estimate of drug-likeness (QED) is 0.609. The molecule has 0 spiro atoms. The average Bonchev–Trinajstić information content (AvgIpc) is 3.09. The summed E-state index contributed by atoms with van der Waals surface area (Å²) in [5, 5.41) is 15.1. The Hall–Kier alpha value is -3.08. The Labute approximate surface area is 120 Å². The number of para-hydroxylation sites is 1. The summed E-state index contributed by atoms with van der Waals surface area (Å²) in [4.78, 5) is 4.49. The minimum atomic E-state index is 0.595. The monoisotopic (exact) mass is 273 g/mol. The number of aromatic nitrogens is 5. The topological polar surface area (TPSA) is 67.3 Å². The van der Waals surface area contributed by atoms with Crippen molar-refractivity contribution in [1.29, 1.82) is 0 Å². The highest BCUT2D eigenvalue weighted by atomic mass is 15.5. The molecule has 0 aliphatic rings. The average molecular weight is 273 g/mol. The molecular formula is C16H11N5. The maximum Gasteiger partial charge on any atom is 0.204 e. The van der Waals surface area contributed by atoms with E-state index in [0.29, 0.717) is 5.82 Å². The molecule has 0 saturated carbocycles. The number of hydrogen-bond acceptors (Lipinski definition) is 4. The molecule has 2 aromatic heterocycles. The first-order valence-corrected chi connectivity index (χ1v) is 6.60. The van der Waals surface area contributed by atoms with Crippen molar-refractivity contribution in [2.45, 2.75) is 0 Å². The molecule has 0 amide bonds. The van der Waals surface area contributed by atoms with Crippen molar-refractivity contribution >= 4 is 10.9 Å². The van der Waals surface area contributed by atoms with Gasteiger partial charge in [-0.3, -0.25) is 4.98 Å². The lowest BCUT2D eigenvalue weighted by atomic mass is 10.0. The molecule has 0 aliphatic heterocycles. The summed E-state index contributed by atoms with van der Waals surface area (Å²) in [6.07, 6.45) is 1.82. The van der Waals surface area contributed by atoms with E-state index < -0.39 is 0 Å². The maximum absolute atomic E-state index is 4.49. The molecule has 4 rings (SSSR count). The second-order valence-corrected chi connectivity index (χ2v) is 4.69. The van der Waals surface area contributed by atoms with E-state index >= 15 is 0 Å². The summed E-state index contributed by atoms with van der Waals surface area (Å²) in [5.41, 5.74) is 4.17. The van der Waals surface area contributed by atoms with Crippen LogP contribution in [-0.2, 0) is 0 Å². The molecule has 0 bridgehead atoms. The van der Waals surface area contributed by atoms with E-state index in [1.54, 1.807) is 0 Å². The summed E-state index contributed by atoms with van der Waals surface area (Å²) in [6.45, 7) is 0. The SMILES string of the molecule is c1cnc2c(-c3ccc(-c4nn[nH]n4)cc3)cccc2c1. The number of rotatable bonds is 2. The lowest BCUT2D eigenvalue weighted by Gasteiger charge is -2.06. The molecule has 21 heavy (non-hydrogen) atoms. The first-order chi connectivity index (χ1) is 10.4. The van der Waals surface area contributed by atoms with Crippen molar-refractivity contribution in [3.05, 3.63) is 60.8 Å². The van der Waals surface area contributed by atoms with Crippen molar-refractivity contribution in [1.82, 2.24) is 25.6 Å². The molecule has 5 heteroatoms. The number of tetrazole rings is 1. The third-order valence-corrected chi connectivity index (χ3v) is 3.43. The molecule has 1 N–H and O–H groups in total. The Morgan fingerprint density at radius 3 is 2.43 bits per heavy atom. The number of nitrogens with one attached hydrogen (secondary N) is 1. The van der Waals surface area contributed by atoms with Crippen LogP contribution in [0.15, 0.2) is 60.8 Å². The molecular weight excluding hydrogens is 262 g/mol. The van der Waals surface area contributed by atoms with Gasteiger partial charge in [0.15, 0.2) is 0 Å². The molecule has 2 heterocycles. The van der Waals surface area contributed by atoms with Crippen LogP contribution in [0.4, 0.5) is 0 Å². The van der Waals surface area contributed by atoms with Crippen molar-refractivity contribution in [3.63, 3.8) is 0 Å². The molecule has 0 unspecified atom stereocenters. The van der Waals surface area contributed by atoms with Crippen LogP contribution < -0.4 is 0 Å². The maximum atomic E-state index is 4.49. The largest absolute Gasteiger partial charge is 0.256 e. The van der Waals surface area contributed by atoms with E-state index in [0.717, 1.165) is 27.6 Å². The standard InChI is InChI=1S/C16H11N5/c1-3-12-4-2-10-17-15(12)14(5-1)11-6-8-13(9-7-11)16-18-20-21-19-16/h1-10H,(H,18,19,20,21). The normalized spacial score (nSPS) is 10.9. The Balaban J connectivity index is 1.82. The molecule has 5 nitrogen and oxygen atoms in total. The van der Waals surface area contributed by atoms with E-state index in [2.05, 4.69) is 55.9 Å². The minimum Gasteiger partial charge on any atom is -0.256 e. The van der Waals surface area contributed by atoms with Crippen molar-refractivity contribution < 1.29 is 0 Å². The second-order valence-electron chi connectivity index (χ2n) is 4.69. The molecule has 100 valence electrons. The second kappa shape index (κ2) is 4.79. The van der Waals surface area contributed by atoms with Gasteiger partial charge in [0, 0.05) is 22.7 Å². The summed E-state index contributed by atoms with van der Waals surface area (Å²) < 4.78 is 0. The lowest BCUT2D eigenvalue weighted by Crippen LogP contribution is -1.85. The molecule has 4 aromatic rings. The molecule has 0 fully saturated rings. The number of nitrogens with zero attached hydrogens (tertiary/aromatic N) is 4. The Kier molecular flexibility index (Phi) is 2.67. The fourth-order valence-corrected chi connectivity index (χ4v) is 2.42. The molecule has 0 atom stereocenters. The molecule has 2 aromatic carbocycles. The third-order valence-electron chi connectivity index (χ3n) is 3.43. The van der Waals surface area contributed by atoms with Gasteiger partial charge in [-0.05, 0) is 16.8 Å². The molecule has 0 radical (unpaired) electrons. The molecule has 0 saturated heterocycles. The smallest absolute Gasteiger partial charge is 0.204 e. The van der Waals surface area contributed by atoms with Gasteiger partial charge in [-0.2, -0.15) is 5.21 Å². The first-order valence-electron chi connectivity index (χ1n) is 6.60. The number of fused-ring (bicyclic) bond motifs is 1. The van der Waals surface area contributed by atoms with E-state index in [1.165, 1.54) is 0 Å². The fourth-order valence-electron chi connectivity index (χ4n) is 2.42. The third kappa shape index (κ3) is 2.04. The van der Waals surface area contributed by atoms with E-state index in [-0.39, 0.29) is 0 Å². The number of H-pyrrole nitrogens is 1. The van der Waals surface area contributed by atoms with Crippen molar-refractivity contribution in [2.24, 2.45) is 0 Å². The van der Waals surface area contributed by atoms with Crippen LogP contribution in [0.25, 0.3) is 33.4 Å². The van der Waals surface area contributed by atoms with Gasteiger partial charge in [-0.15, -0.1) is 10.2 Å². The Morgan fingerprint density at radius 1 is 0.810 bits per heavy atom. The van der Waals surface area contributed by atoms with Gasteiger partial charge in [-0.25, -0.2) is 0 Å². The van der Waals surface area contributed by atoms with Gasteiger partial charge < -0.3 is 0 Å². The van der Waals surface area contributed by atoms with E-state index in [4.69, 9.17) is 0 Å². The van der Waals surface area contributed by atoms with E-state index in [9.17, 15) is 0 Å².